The van der Waals surface area contributed by atoms with Gasteiger partial charge in [0.1, 0.15) is 23.1 Å². The molecular weight excluding hydrogens is 336 g/mol. The van der Waals surface area contributed by atoms with Gasteiger partial charge in [-0.25, -0.2) is 0 Å². The molecule has 2 heterocycles. The van der Waals surface area contributed by atoms with Gasteiger partial charge in [0.2, 0.25) is 5.13 Å². The monoisotopic (exact) mass is 362 g/mol. The molecule has 136 valence electrons. The van der Waals surface area contributed by atoms with Crippen molar-refractivity contribution in [2.45, 2.75) is 19.8 Å². The molecule has 2 aromatic rings. The second kappa shape index (κ2) is 9.01. The van der Waals surface area contributed by atoms with E-state index in [-0.39, 0.29) is 0 Å². The fourth-order valence-electron chi connectivity index (χ4n) is 2.83. The molecule has 0 saturated carbocycles. The number of aryl methyl sites for hydroxylation is 1. The Morgan fingerprint density at radius 2 is 1.92 bits per heavy atom. The molecule has 1 aliphatic rings. The van der Waals surface area contributed by atoms with E-state index in [9.17, 15) is 0 Å². The molecule has 0 bridgehead atoms. The molecule has 3 rings (SSSR count). The molecule has 1 saturated heterocycles. The Hall–Kier alpha value is -1.86. The van der Waals surface area contributed by atoms with Crippen molar-refractivity contribution in [3.63, 3.8) is 0 Å². The van der Waals surface area contributed by atoms with Crippen molar-refractivity contribution < 1.29 is 9.47 Å². The fourth-order valence-corrected chi connectivity index (χ4v) is 3.83. The van der Waals surface area contributed by atoms with Crippen LogP contribution in [0.3, 0.4) is 0 Å². The van der Waals surface area contributed by atoms with Crippen LogP contribution in [0.15, 0.2) is 24.3 Å². The summed E-state index contributed by atoms with van der Waals surface area (Å²) in [7, 11) is 1.67. The van der Waals surface area contributed by atoms with E-state index in [0.29, 0.717) is 6.61 Å². The number of ether oxygens (including phenoxy) is 2. The highest BCUT2D eigenvalue weighted by atomic mass is 32.1. The van der Waals surface area contributed by atoms with E-state index in [4.69, 9.17) is 9.47 Å². The minimum Gasteiger partial charge on any atom is -0.497 e. The van der Waals surface area contributed by atoms with Crippen LogP contribution in [0.2, 0.25) is 0 Å². The van der Waals surface area contributed by atoms with E-state index in [2.05, 4.69) is 26.9 Å². The Kier molecular flexibility index (Phi) is 6.47. The van der Waals surface area contributed by atoms with Crippen LogP contribution in [0.25, 0.3) is 0 Å². The number of aromatic nitrogens is 2. The summed E-state index contributed by atoms with van der Waals surface area (Å²) in [6, 6.07) is 7.75. The summed E-state index contributed by atoms with van der Waals surface area (Å²) in [4.78, 5) is 4.78. The number of hydrogen-bond donors (Lipinski definition) is 0. The van der Waals surface area contributed by atoms with Crippen molar-refractivity contribution in [2.24, 2.45) is 0 Å². The van der Waals surface area contributed by atoms with Crippen molar-refractivity contribution >= 4 is 16.5 Å². The Balaban J connectivity index is 1.40. The first-order chi connectivity index (χ1) is 12.3. The maximum atomic E-state index is 5.84. The maximum Gasteiger partial charge on any atom is 0.208 e. The molecule has 0 spiro atoms. The third kappa shape index (κ3) is 5.06. The van der Waals surface area contributed by atoms with Gasteiger partial charge >= 0.3 is 0 Å². The molecular formula is C18H26N4O2S. The van der Waals surface area contributed by atoms with Gasteiger partial charge < -0.3 is 14.4 Å². The van der Waals surface area contributed by atoms with Crippen molar-refractivity contribution in [2.75, 3.05) is 51.3 Å². The zero-order valence-electron chi connectivity index (χ0n) is 15.0. The summed E-state index contributed by atoms with van der Waals surface area (Å²) in [6.45, 7) is 7.86. The second-order valence-electron chi connectivity index (χ2n) is 6.08. The van der Waals surface area contributed by atoms with E-state index in [0.717, 1.165) is 67.2 Å². The van der Waals surface area contributed by atoms with Crippen LogP contribution in [0.4, 0.5) is 5.13 Å². The molecule has 1 fully saturated rings. The molecule has 0 amide bonds. The van der Waals surface area contributed by atoms with Gasteiger partial charge in [-0.1, -0.05) is 24.3 Å². The minimum absolute atomic E-state index is 0.687. The number of benzene rings is 1. The molecule has 1 aromatic heterocycles. The summed E-state index contributed by atoms with van der Waals surface area (Å²) in [5.74, 6) is 1.68. The Morgan fingerprint density at radius 1 is 1.12 bits per heavy atom. The molecule has 1 aromatic carbocycles. The number of hydrogen-bond acceptors (Lipinski definition) is 7. The van der Waals surface area contributed by atoms with Crippen LogP contribution in [0.5, 0.6) is 11.5 Å². The smallest absolute Gasteiger partial charge is 0.208 e. The first kappa shape index (κ1) is 17.9. The Labute approximate surface area is 153 Å². The van der Waals surface area contributed by atoms with Crippen molar-refractivity contribution in [3.8, 4) is 11.5 Å². The molecule has 7 heteroatoms. The molecule has 0 unspecified atom stereocenters. The SMILES string of the molecule is CCCc1nnc(N2CCN(CCOc3cccc(OC)c3)CC2)s1. The number of rotatable bonds is 8. The molecule has 0 N–H and O–H groups in total. The summed E-state index contributed by atoms with van der Waals surface area (Å²) in [5.41, 5.74) is 0. The van der Waals surface area contributed by atoms with E-state index in [1.165, 1.54) is 0 Å². The lowest BCUT2D eigenvalue weighted by Gasteiger charge is -2.34. The van der Waals surface area contributed by atoms with E-state index in [1.54, 1.807) is 18.4 Å². The van der Waals surface area contributed by atoms with Crippen LogP contribution >= 0.6 is 11.3 Å². The Morgan fingerprint density at radius 3 is 2.68 bits per heavy atom. The predicted octanol–water partition coefficient (Wildman–Crippen LogP) is 2.70. The van der Waals surface area contributed by atoms with Gasteiger partial charge in [0.05, 0.1) is 7.11 Å². The zero-order valence-corrected chi connectivity index (χ0v) is 15.8. The van der Waals surface area contributed by atoms with Crippen LogP contribution < -0.4 is 14.4 Å². The summed E-state index contributed by atoms with van der Waals surface area (Å²) < 4.78 is 11.1. The van der Waals surface area contributed by atoms with Gasteiger partial charge in [-0.3, -0.25) is 4.90 Å². The first-order valence-electron chi connectivity index (χ1n) is 8.85. The summed E-state index contributed by atoms with van der Waals surface area (Å²) in [6.07, 6.45) is 2.15. The standard InChI is InChI=1S/C18H26N4O2S/c1-3-5-17-19-20-18(25-17)22-10-8-21(9-11-22)12-13-24-16-7-4-6-15(14-16)23-2/h4,6-7,14H,3,5,8-13H2,1-2H3. The third-order valence-corrected chi connectivity index (χ3v) is 5.32. The highest BCUT2D eigenvalue weighted by Crippen LogP contribution is 2.22. The van der Waals surface area contributed by atoms with Crippen LogP contribution in [-0.4, -0.2) is 61.5 Å². The zero-order chi connectivity index (χ0) is 17.5. The number of methoxy groups -OCH3 is 1. The number of nitrogens with zero attached hydrogens (tertiary/aromatic N) is 4. The van der Waals surface area contributed by atoms with Crippen molar-refractivity contribution in [3.05, 3.63) is 29.3 Å². The van der Waals surface area contributed by atoms with Gasteiger partial charge in [-0.05, 0) is 18.6 Å². The van der Waals surface area contributed by atoms with E-state index in [1.807, 2.05) is 24.3 Å². The minimum atomic E-state index is 0.687. The average Bonchev–Trinajstić information content (AvgIpc) is 3.11. The number of piperazine rings is 1. The first-order valence-corrected chi connectivity index (χ1v) is 9.66. The molecule has 1 aliphatic heterocycles. The number of anilines is 1. The molecule has 25 heavy (non-hydrogen) atoms. The molecule has 6 nitrogen and oxygen atoms in total. The molecule has 0 radical (unpaired) electrons. The summed E-state index contributed by atoms with van der Waals surface area (Å²) in [5, 5.41) is 10.8. The van der Waals surface area contributed by atoms with E-state index < -0.39 is 0 Å². The van der Waals surface area contributed by atoms with Crippen LogP contribution in [0.1, 0.15) is 18.4 Å². The van der Waals surface area contributed by atoms with Gasteiger partial charge in [0, 0.05) is 45.2 Å². The fraction of sp³-hybridized carbons (Fsp3) is 0.556. The van der Waals surface area contributed by atoms with Gasteiger partial charge in [-0.15, -0.1) is 10.2 Å². The van der Waals surface area contributed by atoms with E-state index >= 15 is 0 Å². The molecule has 0 atom stereocenters. The largest absolute Gasteiger partial charge is 0.497 e. The topological polar surface area (TPSA) is 50.7 Å². The summed E-state index contributed by atoms with van der Waals surface area (Å²) >= 11 is 1.73. The lowest BCUT2D eigenvalue weighted by molar-refractivity contribution is 0.200. The molecule has 0 aliphatic carbocycles. The Bertz CT molecular complexity index is 656. The third-order valence-electron chi connectivity index (χ3n) is 4.28. The van der Waals surface area contributed by atoms with Crippen LogP contribution in [0, 0.1) is 0 Å². The predicted molar refractivity (Wildman–Crippen MR) is 101 cm³/mol. The normalized spacial score (nSPS) is 15.4. The lowest BCUT2D eigenvalue weighted by Crippen LogP contribution is -2.47. The van der Waals surface area contributed by atoms with Gasteiger partial charge in [0.25, 0.3) is 0 Å². The lowest BCUT2D eigenvalue weighted by atomic mass is 10.3. The highest BCUT2D eigenvalue weighted by molar-refractivity contribution is 7.15. The highest BCUT2D eigenvalue weighted by Gasteiger charge is 2.19. The second-order valence-corrected chi connectivity index (χ2v) is 7.13. The van der Waals surface area contributed by atoms with Crippen molar-refractivity contribution in [1.29, 1.82) is 0 Å². The van der Waals surface area contributed by atoms with Gasteiger partial charge in [0.15, 0.2) is 0 Å². The van der Waals surface area contributed by atoms with Crippen LogP contribution in [-0.2, 0) is 6.42 Å². The van der Waals surface area contributed by atoms with Gasteiger partial charge in [-0.2, -0.15) is 0 Å². The quantitative estimate of drug-likeness (QED) is 0.720. The maximum absolute atomic E-state index is 5.84. The van der Waals surface area contributed by atoms with Crippen molar-refractivity contribution in [1.82, 2.24) is 15.1 Å². The average molecular weight is 362 g/mol.